The van der Waals surface area contributed by atoms with Crippen LogP contribution in [0.15, 0.2) is 89.8 Å². The van der Waals surface area contributed by atoms with E-state index >= 15 is 0 Å². The highest BCUT2D eigenvalue weighted by atomic mass is 32.2. The Hall–Kier alpha value is -3.97. The van der Waals surface area contributed by atoms with Crippen LogP contribution in [-0.4, -0.2) is 31.8 Å². The predicted octanol–water partition coefficient (Wildman–Crippen LogP) is 5.84. The van der Waals surface area contributed by atoms with Crippen LogP contribution in [0, 0.1) is 0 Å². The molecule has 0 unspecified atom stereocenters. The number of fused-ring (bicyclic) bond motifs is 1. The molecule has 0 heterocycles. The number of amides is 2. The molecule has 0 aliphatic carbocycles. The van der Waals surface area contributed by atoms with Crippen LogP contribution in [-0.2, 0) is 4.79 Å². The topological polar surface area (TPSA) is 76.7 Å². The van der Waals surface area contributed by atoms with Gasteiger partial charge >= 0.3 is 0 Å². The molecule has 0 saturated carbocycles. The Balaban J connectivity index is 1.41. The highest BCUT2D eigenvalue weighted by Crippen LogP contribution is 2.30. The highest BCUT2D eigenvalue weighted by Gasteiger charge is 2.14. The van der Waals surface area contributed by atoms with E-state index in [0.717, 1.165) is 21.4 Å². The zero-order valence-electron chi connectivity index (χ0n) is 18.8. The molecule has 0 fully saturated rings. The van der Waals surface area contributed by atoms with Crippen LogP contribution in [0.2, 0.25) is 0 Å². The Morgan fingerprint density at radius 3 is 2.21 bits per heavy atom. The van der Waals surface area contributed by atoms with Gasteiger partial charge in [-0.15, -0.1) is 11.8 Å². The number of thioether (sulfide) groups is 1. The summed E-state index contributed by atoms with van der Waals surface area (Å²) in [5.74, 6) is 0.847. The summed E-state index contributed by atoms with van der Waals surface area (Å²) in [7, 11) is 3.10. The number of anilines is 2. The number of hydrogen-bond acceptors (Lipinski definition) is 5. The number of hydrogen-bond donors (Lipinski definition) is 2. The van der Waals surface area contributed by atoms with Crippen LogP contribution < -0.4 is 20.1 Å². The number of carbonyl (C=O) groups excluding carboxylic acids is 2. The van der Waals surface area contributed by atoms with Gasteiger partial charge in [-0.05, 0) is 47.2 Å². The first kappa shape index (κ1) is 23.2. The number of ether oxygens (including phenoxy) is 2. The SMILES string of the molecule is COc1ccc(NC(=O)CSc2ccccc2C(=O)Nc2ccc3ccccc3c2)cc1OC. The van der Waals surface area contributed by atoms with Crippen LogP contribution in [0.1, 0.15) is 10.4 Å². The summed E-state index contributed by atoms with van der Waals surface area (Å²) in [6.07, 6.45) is 0. The van der Waals surface area contributed by atoms with E-state index in [2.05, 4.69) is 10.6 Å². The summed E-state index contributed by atoms with van der Waals surface area (Å²) in [6, 6.07) is 26.2. The standard InChI is InChI=1S/C27H24N2O4S/c1-32-23-14-13-21(16-24(23)33-2)28-26(30)17-34-25-10-6-5-9-22(25)27(31)29-20-12-11-18-7-3-4-8-19(18)15-20/h3-16H,17H2,1-2H3,(H,28,30)(H,29,31). The minimum Gasteiger partial charge on any atom is -0.493 e. The van der Waals surface area contributed by atoms with Gasteiger partial charge < -0.3 is 20.1 Å². The van der Waals surface area contributed by atoms with Gasteiger partial charge in [0.05, 0.1) is 25.5 Å². The van der Waals surface area contributed by atoms with Crippen molar-refractivity contribution >= 4 is 45.7 Å². The molecule has 0 atom stereocenters. The summed E-state index contributed by atoms with van der Waals surface area (Å²) in [5, 5.41) is 7.97. The molecule has 2 amide bonds. The quantitative estimate of drug-likeness (QED) is 0.315. The lowest BCUT2D eigenvalue weighted by atomic mass is 10.1. The predicted molar refractivity (Wildman–Crippen MR) is 137 cm³/mol. The van der Waals surface area contributed by atoms with E-state index < -0.39 is 0 Å². The molecule has 0 saturated heterocycles. The number of nitrogens with one attached hydrogen (secondary N) is 2. The fourth-order valence-electron chi connectivity index (χ4n) is 3.50. The van der Waals surface area contributed by atoms with E-state index in [-0.39, 0.29) is 17.6 Å². The number of rotatable bonds is 8. The molecule has 0 bridgehead atoms. The largest absolute Gasteiger partial charge is 0.493 e. The Morgan fingerprint density at radius 1 is 0.735 bits per heavy atom. The smallest absolute Gasteiger partial charge is 0.256 e. The van der Waals surface area contributed by atoms with Crippen molar-refractivity contribution in [2.75, 3.05) is 30.6 Å². The molecular formula is C27H24N2O4S. The second-order valence-electron chi connectivity index (χ2n) is 7.42. The molecule has 0 spiro atoms. The number of carbonyl (C=O) groups is 2. The molecule has 0 aliphatic rings. The molecule has 172 valence electrons. The van der Waals surface area contributed by atoms with Crippen molar-refractivity contribution < 1.29 is 19.1 Å². The fourth-order valence-corrected chi connectivity index (χ4v) is 4.35. The van der Waals surface area contributed by atoms with Crippen molar-refractivity contribution in [2.45, 2.75) is 4.90 Å². The molecule has 0 radical (unpaired) electrons. The second kappa shape index (κ2) is 10.8. The van der Waals surface area contributed by atoms with Gasteiger partial charge in [0.2, 0.25) is 5.91 Å². The highest BCUT2D eigenvalue weighted by molar-refractivity contribution is 8.00. The Labute approximate surface area is 202 Å². The maximum atomic E-state index is 13.0. The molecule has 6 nitrogen and oxygen atoms in total. The van der Waals surface area contributed by atoms with Gasteiger partial charge in [-0.3, -0.25) is 9.59 Å². The molecule has 4 rings (SSSR count). The Morgan fingerprint density at radius 2 is 1.41 bits per heavy atom. The van der Waals surface area contributed by atoms with Gasteiger partial charge in [0.15, 0.2) is 11.5 Å². The van der Waals surface area contributed by atoms with Crippen molar-refractivity contribution in [1.29, 1.82) is 0 Å². The van der Waals surface area contributed by atoms with Crippen LogP contribution in [0.4, 0.5) is 11.4 Å². The normalized spacial score (nSPS) is 10.5. The van der Waals surface area contributed by atoms with Crippen molar-refractivity contribution in [2.24, 2.45) is 0 Å². The lowest BCUT2D eigenvalue weighted by molar-refractivity contribution is -0.113. The first-order chi connectivity index (χ1) is 16.6. The molecule has 0 aliphatic heterocycles. The van der Waals surface area contributed by atoms with Gasteiger partial charge in [0.25, 0.3) is 5.91 Å². The van der Waals surface area contributed by atoms with Gasteiger partial charge in [-0.1, -0.05) is 42.5 Å². The van der Waals surface area contributed by atoms with Crippen molar-refractivity contribution in [3.63, 3.8) is 0 Å². The first-order valence-corrected chi connectivity index (χ1v) is 11.6. The summed E-state index contributed by atoms with van der Waals surface area (Å²) in [4.78, 5) is 26.2. The summed E-state index contributed by atoms with van der Waals surface area (Å²) < 4.78 is 10.5. The average Bonchev–Trinajstić information content (AvgIpc) is 2.87. The Kier molecular flexibility index (Phi) is 7.34. The van der Waals surface area contributed by atoms with E-state index in [0.29, 0.717) is 22.7 Å². The minimum atomic E-state index is -0.223. The third-order valence-electron chi connectivity index (χ3n) is 5.17. The maximum absolute atomic E-state index is 13.0. The number of methoxy groups -OCH3 is 2. The van der Waals surface area contributed by atoms with Gasteiger partial charge in [-0.25, -0.2) is 0 Å². The van der Waals surface area contributed by atoms with Gasteiger partial charge in [0.1, 0.15) is 0 Å². The monoisotopic (exact) mass is 472 g/mol. The molecule has 4 aromatic rings. The van der Waals surface area contributed by atoms with Gasteiger partial charge in [0, 0.05) is 22.3 Å². The van der Waals surface area contributed by atoms with E-state index in [1.165, 1.54) is 11.8 Å². The fraction of sp³-hybridized carbons (Fsp3) is 0.111. The van der Waals surface area contributed by atoms with Crippen LogP contribution in [0.3, 0.4) is 0 Å². The molecule has 4 aromatic carbocycles. The van der Waals surface area contributed by atoms with Crippen LogP contribution in [0.25, 0.3) is 10.8 Å². The van der Waals surface area contributed by atoms with Crippen LogP contribution in [0.5, 0.6) is 11.5 Å². The molecule has 34 heavy (non-hydrogen) atoms. The van der Waals surface area contributed by atoms with Gasteiger partial charge in [-0.2, -0.15) is 0 Å². The van der Waals surface area contributed by atoms with Crippen molar-refractivity contribution in [3.05, 3.63) is 90.5 Å². The van der Waals surface area contributed by atoms with E-state index in [4.69, 9.17) is 9.47 Å². The average molecular weight is 473 g/mol. The van der Waals surface area contributed by atoms with E-state index in [9.17, 15) is 9.59 Å². The zero-order chi connectivity index (χ0) is 23.9. The lowest BCUT2D eigenvalue weighted by Crippen LogP contribution is -2.16. The third-order valence-corrected chi connectivity index (χ3v) is 6.24. The number of benzene rings is 4. The third kappa shape index (κ3) is 5.50. The lowest BCUT2D eigenvalue weighted by Gasteiger charge is -2.12. The summed E-state index contributed by atoms with van der Waals surface area (Å²) >= 11 is 1.30. The Bertz CT molecular complexity index is 1340. The molecule has 2 N–H and O–H groups in total. The summed E-state index contributed by atoms with van der Waals surface area (Å²) in [5.41, 5.74) is 1.83. The first-order valence-electron chi connectivity index (χ1n) is 10.6. The summed E-state index contributed by atoms with van der Waals surface area (Å²) in [6.45, 7) is 0. The van der Waals surface area contributed by atoms with Crippen molar-refractivity contribution in [3.8, 4) is 11.5 Å². The molecule has 0 aromatic heterocycles. The molecule has 7 heteroatoms. The van der Waals surface area contributed by atoms with E-state index in [1.807, 2.05) is 60.7 Å². The van der Waals surface area contributed by atoms with Crippen LogP contribution >= 0.6 is 11.8 Å². The van der Waals surface area contributed by atoms with Crippen molar-refractivity contribution in [1.82, 2.24) is 0 Å². The maximum Gasteiger partial charge on any atom is 0.256 e. The zero-order valence-corrected chi connectivity index (χ0v) is 19.6. The second-order valence-corrected chi connectivity index (χ2v) is 8.44. The van der Waals surface area contributed by atoms with E-state index in [1.54, 1.807) is 38.5 Å². The minimum absolute atomic E-state index is 0.147. The molecular weight excluding hydrogens is 448 g/mol.